The van der Waals surface area contributed by atoms with Gasteiger partial charge in [0, 0.05) is 18.7 Å². The first-order chi connectivity index (χ1) is 7.16. The van der Waals surface area contributed by atoms with Crippen LogP contribution in [0.4, 0.5) is 0 Å². The van der Waals surface area contributed by atoms with Crippen LogP contribution in [0.25, 0.3) is 0 Å². The Hall–Kier alpha value is -0.970. The van der Waals surface area contributed by atoms with Crippen molar-refractivity contribution in [1.29, 1.82) is 0 Å². The predicted octanol–water partition coefficient (Wildman–Crippen LogP) is 0.677. The number of thioether (sulfide) groups is 1. The summed E-state index contributed by atoms with van der Waals surface area (Å²) >= 11 is 1.38. The zero-order chi connectivity index (χ0) is 11.5. The zero-order valence-corrected chi connectivity index (χ0v) is 9.81. The number of carbonyl (C=O) groups is 2. The van der Waals surface area contributed by atoms with E-state index in [2.05, 4.69) is 5.32 Å². The summed E-state index contributed by atoms with van der Waals surface area (Å²) in [4.78, 5) is 21.6. The van der Waals surface area contributed by atoms with Crippen molar-refractivity contribution >= 4 is 23.6 Å². The number of allylic oxidation sites excluding steroid dienone is 1. The van der Waals surface area contributed by atoms with Crippen LogP contribution in [0.1, 0.15) is 19.8 Å². The fourth-order valence-corrected chi connectivity index (χ4v) is 1.56. The van der Waals surface area contributed by atoms with Gasteiger partial charge in [-0.25, -0.2) is 0 Å². The smallest absolute Gasteiger partial charge is 0.227 e. The van der Waals surface area contributed by atoms with Crippen molar-refractivity contribution in [3.05, 3.63) is 12.2 Å². The molecule has 0 aromatic carbocycles. The van der Waals surface area contributed by atoms with Gasteiger partial charge in [-0.15, -0.1) is 0 Å². The maximum Gasteiger partial charge on any atom is 0.227 e. The molecule has 0 saturated carbocycles. The maximum atomic E-state index is 11.2. The molecule has 0 heterocycles. The Morgan fingerprint density at radius 3 is 2.80 bits per heavy atom. The highest BCUT2D eigenvalue weighted by Crippen LogP contribution is 2.00. The molecule has 0 aliphatic carbocycles. The average molecular weight is 230 g/mol. The summed E-state index contributed by atoms with van der Waals surface area (Å²) in [7, 11) is 0. The van der Waals surface area contributed by atoms with E-state index in [0.717, 1.165) is 6.42 Å². The van der Waals surface area contributed by atoms with Crippen molar-refractivity contribution in [2.24, 2.45) is 5.73 Å². The molecule has 0 rings (SSSR count). The molecule has 2 amide bonds. The summed E-state index contributed by atoms with van der Waals surface area (Å²) < 4.78 is 0. The first-order valence-corrected chi connectivity index (χ1v) is 6.06. The van der Waals surface area contributed by atoms with Crippen molar-refractivity contribution in [2.45, 2.75) is 19.8 Å². The quantitative estimate of drug-likeness (QED) is 0.476. The second-order valence-electron chi connectivity index (χ2n) is 2.98. The second kappa shape index (κ2) is 9.58. The lowest BCUT2D eigenvalue weighted by Crippen LogP contribution is -2.24. The minimum Gasteiger partial charge on any atom is -0.369 e. The van der Waals surface area contributed by atoms with E-state index in [1.165, 1.54) is 11.8 Å². The Labute approximate surface area is 94.7 Å². The Morgan fingerprint density at radius 1 is 1.47 bits per heavy atom. The molecule has 86 valence electrons. The molecule has 0 aliphatic rings. The summed E-state index contributed by atoms with van der Waals surface area (Å²) in [5.41, 5.74) is 4.95. The fourth-order valence-electron chi connectivity index (χ4n) is 0.888. The van der Waals surface area contributed by atoms with Gasteiger partial charge in [0.15, 0.2) is 0 Å². The molecule has 0 fully saturated rings. The topological polar surface area (TPSA) is 72.2 Å². The maximum absolute atomic E-state index is 11.2. The predicted molar refractivity (Wildman–Crippen MR) is 63.6 cm³/mol. The highest BCUT2D eigenvalue weighted by Gasteiger charge is 2.00. The third kappa shape index (κ3) is 11.0. The van der Waals surface area contributed by atoms with Crippen molar-refractivity contribution in [2.75, 3.05) is 18.1 Å². The third-order valence-corrected chi connectivity index (χ3v) is 2.57. The van der Waals surface area contributed by atoms with Crippen molar-refractivity contribution < 1.29 is 9.59 Å². The van der Waals surface area contributed by atoms with Gasteiger partial charge < -0.3 is 11.1 Å². The molecule has 15 heavy (non-hydrogen) atoms. The highest BCUT2D eigenvalue weighted by molar-refractivity contribution is 7.99. The molecule has 0 aromatic heterocycles. The second-order valence-corrected chi connectivity index (χ2v) is 4.08. The molecule has 0 unspecified atom stereocenters. The number of primary amides is 1. The van der Waals surface area contributed by atoms with Crippen LogP contribution in [0.3, 0.4) is 0 Å². The van der Waals surface area contributed by atoms with Gasteiger partial charge in [0.05, 0.1) is 5.75 Å². The van der Waals surface area contributed by atoms with Gasteiger partial charge in [0.1, 0.15) is 0 Å². The van der Waals surface area contributed by atoms with E-state index >= 15 is 0 Å². The van der Waals surface area contributed by atoms with Gasteiger partial charge >= 0.3 is 0 Å². The number of nitrogens with one attached hydrogen (secondary N) is 1. The van der Waals surface area contributed by atoms with E-state index in [4.69, 9.17) is 5.73 Å². The van der Waals surface area contributed by atoms with Crippen LogP contribution in [-0.2, 0) is 9.59 Å². The molecule has 0 radical (unpaired) electrons. The number of hydrogen-bond acceptors (Lipinski definition) is 3. The Balaban J connectivity index is 3.29. The molecule has 0 spiro atoms. The average Bonchev–Trinajstić information content (AvgIpc) is 2.19. The normalized spacial score (nSPS) is 10.5. The Morgan fingerprint density at radius 2 is 2.20 bits per heavy atom. The molecule has 0 atom stereocenters. The fraction of sp³-hybridized carbons (Fsp3) is 0.600. The van der Waals surface area contributed by atoms with Gasteiger partial charge in [0.25, 0.3) is 0 Å². The van der Waals surface area contributed by atoms with Crippen LogP contribution >= 0.6 is 11.8 Å². The van der Waals surface area contributed by atoms with Crippen LogP contribution in [-0.4, -0.2) is 29.9 Å². The van der Waals surface area contributed by atoms with Crippen LogP contribution in [0, 0.1) is 0 Å². The summed E-state index contributed by atoms with van der Waals surface area (Å²) in [6.07, 6.45) is 5.25. The number of hydrogen-bond donors (Lipinski definition) is 2. The molecule has 0 saturated heterocycles. The van der Waals surface area contributed by atoms with Gasteiger partial charge in [0.2, 0.25) is 11.8 Å². The largest absolute Gasteiger partial charge is 0.369 e. The molecular formula is C10H18N2O2S. The minimum atomic E-state index is -0.339. The molecule has 0 aliphatic heterocycles. The number of amides is 2. The van der Waals surface area contributed by atoms with Crippen LogP contribution in [0.5, 0.6) is 0 Å². The number of nitrogens with two attached hydrogens (primary N) is 1. The third-order valence-electron chi connectivity index (χ3n) is 1.59. The monoisotopic (exact) mass is 230 g/mol. The standard InChI is InChI=1S/C10H18N2O2S/c1-2-3-4-6-12-10(14)5-7-15-8-9(11)13/h2-3H,4-8H2,1H3,(H2,11,13)(H,12,14)/b3-2+. The lowest BCUT2D eigenvalue weighted by atomic mass is 10.3. The van der Waals surface area contributed by atoms with Gasteiger partial charge in [-0.2, -0.15) is 11.8 Å². The van der Waals surface area contributed by atoms with E-state index in [9.17, 15) is 9.59 Å². The number of rotatable bonds is 8. The van der Waals surface area contributed by atoms with E-state index in [0.29, 0.717) is 18.7 Å². The minimum absolute atomic E-state index is 0.0245. The molecule has 0 bridgehead atoms. The SMILES string of the molecule is C/C=C/CCNC(=O)CCSCC(N)=O. The lowest BCUT2D eigenvalue weighted by Gasteiger charge is -2.02. The van der Waals surface area contributed by atoms with E-state index in [-0.39, 0.29) is 17.6 Å². The van der Waals surface area contributed by atoms with Crippen LogP contribution < -0.4 is 11.1 Å². The summed E-state index contributed by atoms with van der Waals surface area (Å²) in [6.45, 7) is 2.62. The molecule has 4 nitrogen and oxygen atoms in total. The van der Waals surface area contributed by atoms with E-state index in [1.807, 2.05) is 19.1 Å². The van der Waals surface area contributed by atoms with Crippen molar-refractivity contribution in [1.82, 2.24) is 5.32 Å². The summed E-state index contributed by atoms with van der Waals surface area (Å²) in [5, 5.41) is 2.79. The van der Waals surface area contributed by atoms with E-state index in [1.54, 1.807) is 0 Å². The van der Waals surface area contributed by atoms with E-state index < -0.39 is 0 Å². The van der Waals surface area contributed by atoms with Crippen LogP contribution in [0.2, 0.25) is 0 Å². The summed E-state index contributed by atoms with van der Waals surface area (Å²) in [5.74, 6) is 0.606. The zero-order valence-electron chi connectivity index (χ0n) is 8.99. The highest BCUT2D eigenvalue weighted by atomic mass is 32.2. The first-order valence-electron chi connectivity index (χ1n) is 4.90. The Bertz CT molecular complexity index is 229. The van der Waals surface area contributed by atoms with Gasteiger partial charge in [-0.3, -0.25) is 9.59 Å². The summed E-state index contributed by atoms with van der Waals surface area (Å²) in [6, 6.07) is 0. The van der Waals surface area contributed by atoms with Crippen LogP contribution in [0.15, 0.2) is 12.2 Å². The lowest BCUT2D eigenvalue weighted by molar-refractivity contribution is -0.120. The molecule has 0 aromatic rings. The van der Waals surface area contributed by atoms with Gasteiger partial charge in [-0.1, -0.05) is 12.2 Å². The Kier molecular flexibility index (Phi) is 8.96. The van der Waals surface area contributed by atoms with Gasteiger partial charge in [-0.05, 0) is 13.3 Å². The molecule has 5 heteroatoms. The molecule has 3 N–H and O–H groups in total. The van der Waals surface area contributed by atoms with Crippen molar-refractivity contribution in [3.8, 4) is 0 Å². The molecular weight excluding hydrogens is 212 g/mol. The first kappa shape index (κ1) is 14.0. The van der Waals surface area contributed by atoms with Crippen molar-refractivity contribution in [3.63, 3.8) is 0 Å². The number of carbonyl (C=O) groups excluding carboxylic acids is 2.